The molecule has 0 spiro atoms. The van der Waals surface area contributed by atoms with Crippen molar-refractivity contribution in [3.05, 3.63) is 0 Å². The number of hydrogen-bond acceptors (Lipinski definition) is 1. The molecule has 0 aliphatic carbocycles. The molecule has 2 N–H and O–H groups in total. The molecule has 2 heteroatoms. The summed E-state index contributed by atoms with van der Waals surface area (Å²) in [7, 11) is 0. The van der Waals surface area contributed by atoms with Gasteiger partial charge in [-0.3, -0.25) is 4.79 Å². The highest BCUT2D eigenvalue weighted by Crippen LogP contribution is 2.30. The Morgan fingerprint density at radius 2 is 1.92 bits per heavy atom. The van der Waals surface area contributed by atoms with Gasteiger partial charge in [0, 0.05) is 6.42 Å². The lowest BCUT2D eigenvalue weighted by Gasteiger charge is -2.25. The molecular weight excluding hydrogens is 150 g/mol. The molecule has 0 heterocycles. The van der Waals surface area contributed by atoms with Crippen molar-refractivity contribution in [1.29, 1.82) is 0 Å². The first-order valence-electron chi connectivity index (χ1n) is 4.62. The maximum Gasteiger partial charge on any atom is 0.217 e. The number of hydrogen-bond donors (Lipinski definition) is 1. The van der Waals surface area contributed by atoms with Gasteiger partial charge in [-0.25, -0.2) is 0 Å². The zero-order valence-corrected chi connectivity index (χ0v) is 8.68. The predicted molar refractivity (Wildman–Crippen MR) is 51.7 cm³/mol. The van der Waals surface area contributed by atoms with E-state index in [1.165, 1.54) is 0 Å². The van der Waals surface area contributed by atoms with Crippen LogP contribution in [0.2, 0.25) is 0 Å². The monoisotopic (exact) mass is 171 g/mol. The Morgan fingerprint density at radius 1 is 1.42 bits per heavy atom. The summed E-state index contributed by atoms with van der Waals surface area (Å²) in [4.78, 5) is 10.6. The second kappa shape index (κ2) is 4.48. The molecule has 0 saturated carbocycles. The van der Waals surface area contributed by atoms with Gasteiger partial charge in [-0.2, -0.15) is 0 Å². The van der Waals surface area contributed by atoms with Crippen LogP contribution in [0.25, 0.3) is 0 Å². The van der Waals surface area contributed by atoms with E-state index >= 15 is 0 Å². The molecule has 0 radical (unpaired) electrons. The van der Waals surface area contributed by atoms with Crippen molar-refractivity contribution in [1.82, 2.24) is 0 Å². The quantitative estimate of drug-likeness (QED) is 0.677. The first kappa shape index (κ1) is 11.5. The first-order valence-corrected chi connectivity index (χ1v) is 4.62. The third-order valence-electron chi connectivity index (χ3n) is 2.01. The van der Waals surface area contributed by atoms with Crippen LogP contribution in [0, 0.1) is 11.3 Å². The number of carbonyl (C=O) groups excluding carboxylic acids is 1. The highest BCUT2D eigenvalue weighted by Gasteiger charge is 2.19. The lowest BCUT2D eigenvalue weighted by atomic mass is 9.80. The second-order valence-corrected chi connectivity index (χ2v) is 4.73. The van der Waals surface area contributed by atoms with E-state index < -0.39 is 0 Å². The summed E-state index contributed by atoms with van der Waals surface area (Å²) >= 11 is 0. The molecule has 72 valence electrons. The van der Waals surface area contributed by atoms with Crippen molar-refractivity contribution in [2.75, 3.05) is 0 Å². The lowest BCUT2D eigenvalue weighted by Crippen LogP contribution is -2.19. The van der Waals surface area contributed by atoms with E-state index in [0.717, 1.165) is 12.8 Å². The Kier molecular flexibility index (Phi) is 4.29. The Labute approximate surface area is 75.5 Å². The molecule has 0 saturated heterocycles. The summed E-state index contributed by atoms with van der Waals surface area (Å²) in [5.41, 5.74) is 5.34. The van der Waals surface area contributed by atoms with Gasteiger partial charge in [0.2, 0.25) is 5.91 Å². The molecule has 0 unspecified atom stereocenters. The van der Waals surface area contributed by atoms with Crippen molar-refractivity contribution in [2.45, 2.75) is 47.0 Å². The van der Waals surface area contributed by atoms with E-state index in [-0.39, 0.29) is 11.3 Å². The predicted octanol–water partition coefficient (Wildman–Crippen LogP) is 2.32. The third-order valence-corrected chi connectivity index (χ3v) is 2.01. The van der Waals surface area contributed by atoms with E-state index in [9.17, 15) is 4.79 Å². The molecule has 0 rings (SSSR count). The van der Waals surface area contributed by atoms with Gasteiger partial charge >= 0.3 is 0 Å². The Balaban J connectivity index is 3.78. The van der Waals surface area contributed by atoms with Gasteiger partial charge in [-0.1, -0.05) is 27.7 Å². The van der Waals surface area contributed by atoms with Crippen molar-refractivity contribution >= 4 is 5.91 Å². The molecule has 0 atom stereocenters. The van der Waals surface area contributed by atoms with Crippen LogP contribution in [0.15, 0.2) is 0 Å². The summed E-state index contributed by atoms with van der Waals surface area (Å²) < 4.78 is 0. The Morgan fingerprint density at radius 3 is 2.25 bits per heavy atom. The van der Waals surface area contributed by atoms with Gasteiger partial charge in [0.1, 0.15) is 0 Å². The molecule has 0 aromatic heterocycles. The number of nitrogens with two attached hydrogens (primary N) is 1. The maximum atomic E-state index is 10.6. The van der Waals surface area contributed by atoms with Crippen molar-refractivity contribution in [3.8, 4) is 0 Å². The van der Waals surface area contributed by atoms with E-state index in [2.05, 4.69) is 27.7 Å². The van der Waals surface area contributed by atoms with Gasteiger partial charge in [-0.05, 0) is 24.2 Å². The van der Waals surface area contributed by atoms with Crippen LogP contribution in [0.1, 0.15) is 47.0 Å². The molecule has 12 heavy (non-hydrogen) atoms. The van der Waals surface area contributed by atoms with Crippen LogP contribution in [-0.2, 0) is 4.79 Å². The average molecular weight is 171 g/mol. The largest absolute Gasteiger partial charge is 0.370 e. The Bertz CT molecular complexity index is 150. The SMILES string of the molecule is CC(C)CC(C)(C)CCC(N)=O. The lowest BCUT2D eigenvalue weighted by molar-refractivity contribution is -0.118. The zero-order chi connectivity index (χ0) is 9.78. The third kappa shape index (κ3) is 6.20. The van der Waals surface area contributed by atoms with Gasteiger partial charge in [-0.15, -0.1) is 0 Å². The molecule has 0 aromatic carbocycles. The van der Waals surface area contributed by atoms with E-state index in [0.29, 0.717) is 12.3 Å². The molecule has 1 amide bonds. The average Bonchev–Trinajstić information content (AvgIpc) is 1.81. The number of amides is 1. The standard InChI is InChI=1S/C10H21NO/c1-8(2)7-10(3,4)6-5-9(11)12/h8H,5-7H2,1-4H3,(H2,11,12). The van der Waals surface area contributed by atoms with E-state index in [1.54, 1.807) is 0 Å². The van der Waals surface area contributed by atoms with Gasteiger partial charge < -0.3 is 5.73 Å². The highest BCUT2D eigenvalue weighted by atomic mass is 16.1. The summed E-state index contributed by atoms with van der Waals surface area (Å²) in [5, 5.41) is 0. The van der Waals surface area contributed by atoms with E-state index in [4.69, 9.17) is 5.73 Å². The van der Waals surface area contributed by atoms with Gasteiger partial charge in [0.25, 0.3) is 0 Å². The van der Waals surface area contributed by atoms with Crippen LogP contribution >= 0.6 is 0 Å². The minimum absolute atomic E-state index is 0.188. The topological polar surface area (TPSA) is 43.1 Å². The summed E-state index contributed by atoms with van der Waals surface area (Å²) in [6.45, 7) is 8.78. The highest BCUT2D eigenvalue weighted by molar-refractivity contribution is 5.73. The molecule has 0 fully saturated rings. The fourth-order valence-electron chi connectivity index (χ4n) is 1.67. The van der Waals surface area contributed by atoms with Crippen LogP contribution in [-0.4, -0.2) is 5.91 Å². The summed E-state index contributed by atoms with van der Waals surface area (Å²) in [6, 6.07) is 0. The minimum atomic E-state index is -0.188. The summed E-state index contributed by atoms with van der Waals surface area (Å²) in [6.07, 6.45) is 2.57. The van der Waals surface area contributed by atoms with Crippen molar-refractivity contribution in [2.24, 2.45) is 17.1 Å². The number of carbonyl (C=O) groups is 1. The zero-order valence-electron chi connectivity index (χ0n) is 8.68. The normalized spacial score (nSPS) is 12.1. The van der Waals surface area contributed by atoms with Gasteiger partial charge in [0.05, 0.1) is 0 Å². The molecule has 0 aliphatic heterocycles. The molecule has 0 aromatic rings. The number of rotatable bonds is 5. The molecule has 2 nitrogen and oxygen atoms in total. The maximum absolute atomic E-state index is 10.6. The second-order valence-electron chi connectivity index (χ2n) is 4.73. The van der Waals surface area contributed by atoms with Crippen LogP contribution in [0.4, 0.5) is 0 Å². The van der Waals surface area contributed by atoms with Gasteiger partial charge in [0.15, 0.2) is 0 Å². The van der Waals surface area contributed by atoms with E-state index in [1.807, 2.05) is 0 Å². The van der Waals surface area contributed by atoms with Crippen molar-refractivity contribution < 1.29 is 4.79 Å². The van der Waals surface area contributed by atoms with Crippen molar-refractivity contribution in [3.63, 3.8) is 0 Å². The minimum Gasteiger partial charge on any atom is -0.370 e. The molecule has 0 bridgehead atoms. The first-order chi connectivity index (χ1) is 5.33. The van der Waals surface area contributed by atoms with Crippen LogP contribution in [0.3, 0.4) is 0 Å². The Hall–Kier alpha value is -0.530. The fourth-order valence-corrected chi connectivity index (χ4v) is 1.67. The van der Waals surface area contributed by atoms with Crippen LogP contribution < -0.4 is 5.73 Å². The fraction of sp³-hybridized carbons (Fsp3) is 0.900. The smallest absolute Gasteiger partial charge is 0.217 e. The number of primary amides is 1. The van der Waals surface area contributed by atoms with Crippen LogP contribution in [0.5, 0.6) is 0 Å². The summed E-state index contributed by atoms with van der Waals surface area (Å²) in [5.74, 6) is 0.500. The molecular formula is C10H21NO. The molecule has 0 aliphatic rings.